The number of ether oxygens (including phenoxy) is 3. The fourth-order valence-electron chi connectivity index (χ4n) is 2.91. The molecule has 9 heteroatoms. The molecule has 9 nitrogen and oxygen atoms in total. The summed E-state index contributed by atoms with van der Waals surface area (Å²) >= 11 is 0. The van der Waals surface area contributed by atoms with Crippen molar-refractivity contribution in [1.82, 2.24) is 5.43 Å². The molecule has 3 aromatic rings. The monoisotopic (exact) mass is 464 g/mol. The number of amides is 1. The number of hydrazone groups is 1. The van der Waals surface area contributed by atoms with E-state index in [0.29, 0.717) is 35.8 Å². The van der Waals surface area contributed by atoms with E-state index in [1.165, 1.54) is 18.3 Å². The zero-order valence-corrected chi connectivity index (χ0v) is 18.6. The highest BCUT2D eigenvalue weighted by Gasteiger charge is 2.14. The predicted octanol–water partition coefficient (Wildman–Crippen LogP) is 3.88. The number of nitrogens with zero attached hydrogens (tertiary/aromatic N) is 1. The van der Waals surface area contributed by atoms with Crippen LogP contribution in [-0.4, -0.2) is 41.5 Å². The summed E-state index contributed by atoms with van der Waals surface area (Å²) in [6, 6.07) is 15.0. The summed E-state index contributed by atoms with van der Waals surface area (Å²) in [7, 11) is 0. The summed E-state index contributed by atoms with van der Waals surface area (Å²) in [4.78, 5) is 24.7. The lowest BCUT2D eigenvalue weighted by Gasteiger charge is -2.11. The molecule has 0 spiro atoms. The molecule has 3 rings (SSSR count). The van der Waals surface area contributed by atoms with Gasteiger partial charge >= 0.3 is 5.97 Å². The lowest BCUT2D eigenvalue weighted by Crippen LogP contribution is -2.17. The van der Waals surface area contributed by atoms with E-state index in [0.717, 1.165) is 6.07 Å². The van der Waals surface area contributed by atoms with E-state index in [9.17, 15) is 19.8 Å². The Bertz CT molecular complexity index is 1190. The Morgan fingerprint density at radius 2 is 1.65 bits per heavy atom. The van der Waals surface area contributed by atoms with Gasteiger partial charge in [0.05, 0.1) is 30.6 Å². The number of hydrogen-bond acceptors (Lipinski definition) is 8. The van der Waals surface area contributed by atoms with Crippen molar-refractivity contribution in [3.05, 3.63) is 77.4 Å². The highest BCUT2D eigenvalue weighted by molar-refractivity contribution is 5.97. The van der Waals surface area contributed by atoms with Crippen LogP contribution >= 0.6 is 0 Å². The Kier molecular flexibility index (Phi) is 8.07. The van der Waals surface area contributed by atoms with Crippen LogP contribution in [0.25, 0.3) is 0 Å². The molecule has 176 valence electrons. The van der Waals surface area contributed by atoms with Crippen molar-refractivity contribution in [1.29, 1.82) is 0 Å². The van der Waals surface area contributed by atoms with E-state index in [1.54, 1.807) is 49.4 Å². The number of esters is 1. The number of rotatable bonds is 9. The molecule has 0 aliphatic carbocycles. The van der Waals surface area contributed by atoms with E-state index >= 15 is 0 Å². The van der Waals surface area contributed by atoms with Gasteiger partial charge in [0.25, 0.3) is 5.91 Å². The van der Waals surface area contributed by atoms with Crippen LogP contribution < -0.4 is 19.6 Å². The predicted molar refractivity (Wildman–Crippen MR) is 125 cm³/mol. The van der Waals surface area contributed by atoms with E-state index in [4.69, 9.17) is 14.2 Å². The Labute approximate surface area is 196 Å². The molecular formula is C25H24N2O7. The molecular weight excluding hydrogens is 440 g/mol. The molecule has 3 N–H and O–H groups in total. The van der Waals surface area contributed by atoms with Gasteiger partial charge < -0.3 is 24.4 Å². The van der Waals surface area contributed by atoms with Crippen molar-refractivity contribution in [2.24, 2.45) is 5.10 Å². The first-order chi connectivity index (χ1) is 16.4. The third-order valence-corrected chi connectivity index (χ3v) is 4.48. The van der Waals surface area contributed by atoms with Gasteiger partial charge in [0, 0.05) is 6.07 Å². The van der Waals surface area contributed by atoms with Crippen molar-refractivity contribution in [3.8, 4) is 28.7 Å². The van der Waals surface area contributed by atoms with Gasteiger partial charge in [-0.15, -0.1) is 0 Å². The normalized spacial score (nSPS) is 10.6. The minimum absolute atomic E-state index is 0.0403. The van der Waals surface area contributed by atoms with Gasteiger partial charge in [-0.2, -0.15) is 5.10 Å². The van der Waals surface area contributed by atoms with Crippen LogP contribution in [0.2, 0.25) is 0 Å². The van der Waals surface area contributed by atoms with Crippen molar-refractivity contribution >= 4 is 18.1 Å². The molecule has 0 aromatic heterocycles. The van der Waals surface area contributed by atoms with Crippen molar-refractivity contribution in [3.63, 3.8) is 0 Å². The number of phenolic OH excluding ortho intramolecular Hbond substituents is 2. The summed E-state index contributed by atoms with van der Waals surface area (Å²) in [5.74, 6) is -0.519. The number of nitrogens with one attached hydrogen (secondary N) is 1. The van der Waals surface area contributed by atoms with E-state index in [1.807, 2.05) is 6.92 Å². The van der Waals surface area contributed by atoms with Crippen LogP contribution in [0.5, 0.6) is 28.7 Å². The maximum absolute atomic E-state index is 12.5. The number of phenols is 2. The molecule has 0 unspecified atom stereocenters. The van der Waals surface area contributed by atoms with Gasteiger partial charge in [-0.1, -0.05) is 0 Å². The lowest BCUT2D eigenvalue weighted by molar-refractivity contribution is 0.0728. The molecule has 0 saturated carbocycles. The van der Waals surface area contributed by atoms with Crippen LogP contribution in [0.4, 0.5) is 0 Å². The molecule has 0 radical (unpaired) electrons. The first-order valence-corrected chi connectivity index (χ1v) is 10.5. The number of aromatic hydroxyl groups is 2. The molecule has 34 heavy (non-hydrogen) atoms. The lowest BCUT2D eigenvalue weighted by atomic mass is 10.2. The quantitative estimate of drug-likeness (QED) is 0.190. The highest BCUT2D eigenvalue weighted by atomic mass is 16.6. The van der Waals surface area contributed by atoms with E-state index in [-0.39, 0.29) is 22.8 Å². The SMILES string of the molecule is CCOc1ccc(C(=O)Oc2ccc(/C=N/NC(=O)c3ccc(O)cc3O)cc2OCC)cc1. The summed E-state index contributed by atoms with van der Waals surface area (Å²) in [5, 5.41) is 22.9. The van der Waals surface area contributed by atoms with Crippen LogP contribution in [0.3, 0.4) is 0 Å². The zero-order valence-electron chi connectivity index (χ0n) is 18.6. The van der Waals surface area contributed by atoms with E-state index in [2.05, 4.69) is 10.5 Å². The average Bonchev–Trinajstić information content (AvgIpc) is 2.81. The second kappa shape index (κ2) is 11.4. The molecule has 0 atom stereocenters. The third kappa shape index (κ3) is 6.26. The molecule has 0 heterocycles. The summed E-state index contributed by atoms with van der Waals surface area (Å²) in [6.45, 7) is 4.54. The number of benzene rings is 3. The van der Waals surface area contributed by atoms with Crippen molar-refractivity contribution in [2.45, 2.75) is 13.8 Å². The second-order valence-electron chi connectivity index (χ2n) is 6.89. The molecule has 1 amide bonds. The van der Waals surface area contributed by atoms with Crippen molar-refractivity contribution < 1.29 is 34.0 Å². The standard InChI is InChI=1S/C25H24N2O7/c1-3-32-19-9-6-17(7-10-19)25(31)34-22-12-5-16(13-23(22)33-4-2)15-26-27-24(30)20-11-8-18(28)14-21(20)29/h5-15,28-29H,3-4H2,1-2H3,(H,27,30)/b26-15+. The summed E-state index contributed by atoms with van der Waals surface area (Å²) < 4.78 is 16.5. The zero-order chi connectivity index (χ0) is 24.5. The maximum Gasteiger partial charge on any atom is 0.343 e. The number of carbonyl (C=O) groups excluding carboxylic acids is 2. The van der Waals surface area contributed by atoms with Crippen LogP contribution in [-0.2, 0) is 0 Å². The Hall–Kier alpha value is -4.53. The van der Waals surface area contributed by atoms with Gasteiger partial charge in [-0.25, -0.2) is 10.2 Å². The number of hydrogen-bond donors (Lipinski definition) is 3. The Balaban J connectivity index is 1.69. The largest absolute Gasteiger partial charge is 0.508 e. The molecule has 3 aromatic carbocycles. The topological polar surface area (TPSA) is 127 Å². The van der Waals surface area contributed by atoms with Crippen LogP contribution in [0, 0.1) is 0 Å². The average molecular weight is 464 g/mol. The third-order valence-electron chi connectivity index (χ3n) is 4.48. The van der Waals surface area contributed by atoms with Gasteiger partial charge in [0.1, 0.15) is 17.2 Å². The van der Waals surface area contributed by atoms with Gasteiger partial charge in [-0.05, 0) is 74.0 Å². The van der Waals surface area contributed by atoms with Crippen LogP contribution in [0.1, 0.15) is 40.1 Å². The molecule has 0 saturated heterocycles. The minimum atomic E-state index is -0.653. The fraction of sp³-hybridized carbons (Fsp3) is 0.160. The van der Waals surface area contributed by atoms with Gasteiger partial charge in [0.2, 0.25) is 0 Å². The molecule has 0 aliphatic rings. The minimum Gasteiger partial charge on any atom is -0.508 e. The van der Waals surface area contributed by atoms with E-state index < -0.39 is 11.9 Å². The Morgan fingerprint density at radius 3 is 2.32 bits per heavy atom. The highest BCUT2D eigenvalue weighted by Crippen LogP contribution is 2.29. The summed E-state index contributed by atoms with van der Waals surface area (Å²) in [6.07, 6.45) is 1.37. The molecule has 0 fully saturated rings. The molecule has 0 bridgehead atoms. The van der Waals surface area contributed by atoms with Crippen molar-refractivity contribution in [2.75, 3.05) is 13.2 Å². The first kappa shape index (κ1) is 24.1. The smallest absolute Gasteiger partial charge is 0.343 e. The van der Waals surface area contributed by atoms with Crippen LogP contribution in [0.15, 0.2) is 65.8 Å². The van der Waals surface area contributed by atoms with Gasteiger partial charge in [0.15, 0.2) is 11.5 Å². The summed E-state index contributed by atoms with van der Waals surface area (Å²) in [5.41, 5.74) is 3.18. The Morgan fingerprint density at radius 1 is 0.912 bits per heavy atom. The van der Waals surface area contributed by atoms with Gasteiger partial charge in [-0.3, -0.25) is 4.79 Å². The fourth-order valence-corrected chi connectivity index (χ4v) is 2.91. The first-order valence-electron chi connectivity index (χ1n) is 10.5. The number of carbonyl (C=O) groups is 2. The second-order valence-corrected chi connectivity index (χ2v) is 6.89. The maximum atomic E-state index is 12.5. The molecule has 0 aliphatic heterocycles.